The molecule has 12 heavy (non-hydrogen) atoms. The van der Waals surface area contributed by atoms with Crippen molar-refractivity contribution in [3.8, 4) is 0 Å². The molecule has 0 fully saturated rings. The molecule has 0 spiro atoms. The predicted molar refractivity (Wildman–Crippen MR) is 52.5 cm³/mol. The third kappa shape index (κ3) is 1.36. The van der Waals surface area contributed by atoms with Crippen LogP contribution in [0.4, 0.5) is 0 Å². The highest BCUT2D eigenvalue weighted by Gasteiger charge is 1.96. The number of methoxy groups -OCH3 is 1. The summed E-state index contributed by atoms with van der Waals surface area (Å²) in [7, 11) is 1.72. The van der Waals surface area contributed by atoms with Crippen molar-refractivity contribution in [2.45, 2.75) is 6.61 Å². The standard InChI is InChI=1S/C10H10OS/c1-11-7-8-2-3-9-4-5-12-10(9)6-8/h2-6H,7H2,1H3. The summed E-state index contributed by atoms with van der Waals surface area (Å²) in [6.45, 7) is 0.702. The molecular weight excluding hydrogens is 168 g/mol. The van der Waals surface area contributed by atoms with E-state index in [0.717, 1.165) is 0 Å². The fourth-order valence-corrected chi connectivity index (χ4v) is 2.11. The van der Waals surface area contributed by atoms with E-state index in [9.17, 15) is 0 Å². The van der Waals surface area contributed by atoms with E-state index in [1.165, 1.54) is 15.6 Å². The fraction of sp³-hybridized carbons (Fsp3) is 0.200. The van der Waals surface area contributed by atoms with E-state index in [2.05, 4.69) is 29.6 Å². The topological polar surface area (TPSA) is 9.23 Å². The average Bonchev–Trinajstić information content (AvgIpc) is 2.51. The second-order valence-electron chi connectivity index (χ2n) is 2.73. The van der Waals surface area contributed by atoms with E-state index in [1.54, 1.807) is 18.4 Å². The first-order valence-corrected chi connectivity index (χ1v) is 4.73. The highest BCUT2D eigenvalue weighted by Crippen LogP contribution is 2.21. The van der Waals surface area contributed by atoms with Gasteiger partial charge < -0.3 is 4.74 Å². The minimum absolute atomic E-state index is 0.702. The summed E-state index contributed by atoms with van der Waals surface area (Å²) >= 11 is 1.77. The number of ether oxygens (including phenoxy) is 1. The molecular formula is C10H10OS. The van der Waals surface area contributed by atoms with Gasteiger partial charge in [-0.05, 0) is 28.5 Å². The van der Waals surface area contributed by atoms with Crippen molar-refractivity contribution in [2.24, 2.45) is 0 Å². The summed E-state index contributed by atoms with van der Waals surface area (Å²) in [5.41, 5.74) is 1.24. The second-order valence-corrected chi connectivity index (χ2v) is 3.67. The van der Waals surface area contributed by atoms with Gasteiger partial charge in [-0.3, -0.25) is 0 Å². The number of thiophene rings is 1. The van der Waals surface area contributed by atoms with Gasteiger partial charge in [0.15, 0.2) is 0 Å². The van der Waals surface area contributed by atoms with E-state index in [1.807, 2.05) is 0 Å². The van der Waals surface area contributed by atoms with Crippen LogP contribution >= 0.6 is 11.3 Å². The number of hydrogen-bond acceptors (Lipinski definition) is 2. The van der Waals surface area contributed by atoms with Crippen LogP contribution in [0, 0.1) is 0 Å². The first-order chi connectivity index (χ1) is 5.90. The lowest BCUT2D eigenvalue weighted by molar-refractivity contribution is 0.185. The molecule has 0 aliphatic heterocycles. The summed E-state index contributed by atoms with van der Waals surface area (Å²) < 4.78 is 6.40. The monoisotopic (exact) mass is 178 g/mol. The molecule has 0 N–H and O–H groups in total. The normalized spacial score (nSPS) is 10.8. The first kappa shape index (κ1) is 7.77. The Morgan fingerprint density at radius 2 is 2.25 bits per heavy atom. The molecule has 0 saturated carbocycles. The van der Waals surface area contributed by atoms with Gasteiger partial charge >= 0.3 is 0 Å². The highest BCUT2D eigenvalue weighted by molar-refractivity contribution is 7.17. The van der Waals surface area contributed by atoms with E-state index >= 15 is 0 Å². The van der Waals surface area contributed by atoms with Crippen molar-refractivity contribution in [1.82, 2.24) is 0 Å². The van der Waals surface area contributed by atoms with Gasteiger partial charge in [-0.1, -0.05) is 12.1 Å². The van der Waals surface area contributed by atoms with Crippen molar-refractivity contribution >= 4 is 21.4 Å². The quantitative estimate of drug-likeness (QED) is 0.686. The zero-order valence-corrected chi connectivity index (χ0v) is 7.73. The van der Waals surface area contributed by atoms with Crippen LogP contribution in [0.15, 0.2) is 29.6 Å². The lowest BCUT2D eigenvalue weighted by atomic mass is 10.2. The fourth-order valence-electron chi connectivity index (χ4n) is 1.26. The number of hydrogen-bond donors (Lipinski definition) is 0. The second kappa shape index (κ2) is 3.25. The van der Waals surface area contributed by atoms with Gasteiger partial charge in [0.25, 0.3) is 0 Å². The molecule has 0 aliphatic rings. The Labute approximate surface area is 75.6 Å². The van der Waals surface area contributed by atoms with Crippen LogP contribution in [-0.2, 0) is 11.3 Å². The molecule has 0 aliphatic carbocycles. The zero-order chi connectivity index (χ0) is 8.39. The van der Waals surface area contributed by atoms with Crippen LogP contribution in [0.1, 0.15) is 5.56 Å². The van der Waals surface area contributed by atoms with Crippen LogP contribution < -0.4 is 0 Å². The van der Waals surface area contributed by atoms with E-state index in [4.69, 9.17) is 4.74 Å². The van der Waals surface area contributed by atoms with Crippen LogP contribution in [0.25, 0.3) is 10.1 Å². The first-order valence-electron chi connectivity index (χ1n) is 3.85. The van der Waals surface area contributed by atoms with Crippen LogP contribution in [0.2, 0.25) is 0 Å². The minimum atomic E-state index is 0.702. The predicted octanol–water partition coefficient (Wildman–Crippen LogP) is 3.05. The molecule has 2 aromatic rings. The maximum Gasteiger partial charge on any atom is 0.0713 e. The Morgan fingerprint density at radius 3 is 3.08 bits per heavy atom. The Morgan fingerprint density at radius 1 is 1.33 bits per heavy atom. The Hall–Kier alpha value is -0.860. The maximum absolute atomic E-state index is 5.06. The number of benzene rings is 1. The van der Waals surface area contributed by atoms with Crippen molar-refractivity contribution < 1.29 is 4.74 Å². The van der Waals surface area contributed by atoms with Gasteiger partial charge in [0.2, 0.25) is 0 Å². The minimum Gasteiger partial charge on any atom is -0.380 e. The molecule has 0 unspecified atom stereocenters. The Bertz CT molecular complexity index is 378. The van der Waals surface area contributed by atoms with Gasteiger partial charge in [0, 0.05) is 11.8 Å². The van der Waals surface area contributed by atoms with Crippen molar-refractivity contribution in [1.29, 1.82) is 0 Å². The van der Waals surface area contributed by atoms with Gasteiger partial charge in [0.05, 0.1) is 6.61 Å². The third-order valence-corrected chi connectivity index (χ3v) is 2.71. The van der Waals surface area contributed by atoms with Crippen LogP contribution in [-0.4, -0.2) is 7.11 Å². The summed E-state index contributed by atoms with van der Waals surface area (Å²) in [6, 6.07) is 8.57. The molecule has 0 radical (unpaired) electrons. The zero-order valence-electron chi connectivity index (χ0n) is 6.91. The molecule has 1 aromatic carbocycles. The van der Waals surface area contributed by atoms with E-state index in [0.29, 0.717) is 6.61 Å². The lowest BCUT2D eigenvalue weighted by Gasteiger charge is -1.98. The highest BCUT2D eigenvalue weighted by atomic mass is 32.1. The summed E-state index contributed by atoms with van der Waals surface area (Å²) in [5.74, 6) is 0. The molecule has 2 rings (SSSR count). The van der Waals surface area contributed by atoms with E-state index in [-0.39, 0.29) is 0 Å². The molecule has 0 amide bonds. The van der Waals surface area contributed by atoms with Gasteiger partial charge in [-0.25, -0.2) is 0 Å². The molecule has 0 saturated heterocycles. The van der Waals surface area contributed by atoms with Crippen molar-refractivity contribution in [3.05, 3.63) is 35.2 Å². The summed E-state index contributed by atoms with van der Waals surface area (Å²) in [4.78, 5) is 0. The van der Waals surface area contributed by atoms with Crippen LogP contribution in [0.5, 0.6) is 0 Å². The Balaban J connectivity index is 2.46. The smallest absolute Gasteiger partial charge is 0.0713 e. The largest absolute Gasteiger partial charge is 0.380 e. The number of fused-ring (bicyclic) bond motifs is 1. The van der Waals surface area contributed by atoms with Gasteiger partial charge in [-0.15, -0.1) is 11.3 Å². The summed E-state index contributed by atoms with van der Waals surface area (Å²) in [6.07, 6.45) is 0. The third-order valence-electron chi connectivity index (χ3n) is 1.83. The molecule has 1 aromatic heterocycles. The van der Waals surface area contributed by atoms with Gasteiger partial charge in [0.1, 0.15) is 0 Å². The van der Waals surface area contributed by atoms with Crippen molar-refractivity contribution in [2.75, 3.05) is 7.11 Å². The molecule has 2 heteroatoms. The molecule has 62 valence electrons. The van der Waals surface area contributed by atoms with Gasteiger partial charge in [-0.2, -0.15) is 0 Å². The summed E-state index contributed by atoms with van der Waals surface area (Å²) in [5, 5.41) is 3.43. The number of rotatable bonds is 2. The molecule has 1 heterocycles. The maximum atomic E-state index is 5.06. The SMILES string of the molecule is COCc1ccc2ccsc2c1. The molecule has 0 atom stereocenters. The average molecular weight is 178 g/mol. The van der Waals surface area contributed by atoms with Crippen LogP contribution in [0.3, 0.4) is 0 Å². The van der Waals surface area contributed by atoms with Crippen molar-refractivity contribution in [3.63, 3.8) is 0 Å². The lowest BCUT2D eigenvalue weighted by Crippen LogP contribution is -1.85. The molecule has 0 bridgehead atoms. The molecule has 1 nitrogen and oxygen atoms in total. The Kier molecular flexibility index (Phi) is 2.11. The van der Waals surface area contributed by atoms with E-state index < -0.39 is 0 Å².